The van der Waals surface area contributed by atoms with Crippen LogP contribution in [0.3, 0.4) is 0 Å². The fourth-order valence-electron chi connectivity index (χ4n) is 2.48. The van der Waals surface area contributed by atoms with Crippen LogP contribution in [-0.2, 0) is 4.79 Å². The number of carbonyl (C=O) groups excluding carboxylic acids is 1. The molecule has 0 aliphatic carbocycles. The Labute approximate surface area is 178 Å². The lowest BCUT2D eigenvalue weighted by atomic mass is 10.3. The van der Waals surface area contributed by atoms with Gasteiger partial charge < -0.3 is 15.4 Å². The van der Waals surface area contributed by atoms with Crippen LogP contribution >= 0.6 is 23.2 Å². The van der Waals surface area contributed by atoms with Crippen LogP contribution in [0.2, 0.25) is 10.0 Å². The van der Waals surface area contributed by atoms with Crippen molar-refractivity contribution >= 4 is 34.9 Å². The summed E-state index contributed by atoms with van der Waals surface area (Å²) in [6.45, 7) is 4.68. The van der Waals surface area contributed by atoms with Crippen LogP contribution in [0.15, 0.2) is 36.9 Å². The maximum atomic E-state index is 11.9. The van der Waals surface area contributed by atoms with E-state index in [9.17, 15) is 4.79 Å². The van der Waals surface area contributed by atoms with Gasteiger partial charge in [-0.3, -0.25) is 9.36 Å². The van der Waals surface area contributed by atoms with Crippen molar-refractivity contribution in [1.29, 1.82) is 0 Å². The van der Waals surface area contributed by atoms with Gasteiger partial charge in [0.2, 0.25) is 0 Å². The molecule has 0 aliphatic rings. The Hall–Kier alpha value is -2.84. The van der Waals surface area contributed by atoms with Crippen LogP contribution in [0.4, 0.5) is 5.82 Å². The Morgan fingerprint density at radius 3 is 2.69 bits per heavy atom. The van der Waals surface area contributed by atoms with E-state index in [2.05, 4.69) is 25.6 Å². The number of nitrogens with one attached hydrogen (secondary N) is 2. The highest BCUT2D eigenvalue weighted by Gasteiger charge is 2.08. The molecule has 2 N–H and O–H groups in total. The SMILES string of the molecule is Cc1ncn(-c2cc(NCCNC(=O)COc3ccc(Cl)cc3Cl)ncn2)c1C. The smallest absolute Gasteiger partial charge is 0.258 e. The number of nitrogens with zero attached hydrogens (tertiary/aromatic N) is 4. The molecule has 1 amide bonds. The molecule has 0 fully saturated rings. The molecule has 10 heteroatoms. The first kappa shape index (κ1) is 20.9. The van der Waals surface area contributed by atoms with Crippen LogP contribution in [-0.4, -0.2) is 45.1 Å². The number of rotatable bonds is 8. The summed E-state index contributed by atoms with van der Waals surface area (Å²) in [7, 11) is 0. The zero-order valence-electron chi connectivity index (χ0n) is 15.9. The molecule has 8 nitrogen and oxygen atoms in total. The maximum Gasteiger partial charge on any atom is 0.258 e. The maximum absolute atomic E-state index is 11.9. The van der Waals surface area contributed by atoms with Gasteiger partial charge in [0.15, 0.2) is 6.61 Å². The van der Waals surface area contributed by atoms with Crippen molar-refractivity contribution in [1.82, 2.24) is 24.8 Å². The molecule has 0 spiro atoms. The van der Waals surface area contributed by atoms with Crippen LogP contribution < -0.4 is 15.4 Å². The minimum absolute atomic E-state index is 0.141. The third kappa shape index (κ3) is 5.58. The van der Waals surface area contributed by atoms with Crippen LogP contribution in [0.5, 0.6) is 5.75 Å². The van der Waals surface area contributed by atoms with E-state index in [1.807, 2.05) is 24.5 Å². The van der Waals surface area contributed by atoms with Crippen molar-refractivity contribution in [3.05, 3.63) is 58.4 Å². The summed E-state index contributed by atoms with van der Waals surface area (Å²) in [5, 5.41) is 6.77. The molecule has 0 bridgehead atoms. The molecule has 0 saturated carbocycles. The molecule has 3 rings (SSSR count). The molecule has 0 unspecified atom stereocenters. The fraction of sp³-hybridized carbons (Fsp3) is 0.263. The summed E-state index contributed by atoms with van der Waals surface area (Å²) in [5.74, 6) is 1.52. The van der Waals surface area contributed by atoms with E-state index in [0.717, 1.165) is 17.2 Å². The Morgan fingerprint density at radius 1 is 1.14 bits per heavy atom. The molecule has 29 heavy (non-hydrogen) atoms. The number of benzene rings is 1. The lowest BCUT2D eigenvalue weighted by molar-refractivity contribution is -0.123. The second kappa shape index (κ2) is 9.58. The standard InChI is InChI=1S/C19H20Cl2N6O2/c1-12-13(2)27(11-26-12)18-8-17(24-10-25-18)22-5-6-23-19(28)9-29-16-4-3-14(20)7-15(16)21/h3-4,7-8,10-11H,5-6,9H2,1-2H3,(H,23,28)(H,22,24,25). The van der Waals surface area contributed by atoms with Crippen molar-refractivity contribution in [3.8, 4) is 11.6 Å². The lowest BCUT2D eigenvalue weighted by Gasteiger charge is -2.10. The number of ether oxygens (including phenoxy) is 1. The van der Waals surface area contributed by atoms with Crippen molar-refractivity contribution in [2.24, 2.45) is 0 Å². The summed E-state index contributed by atoms with van der Waals surface area (Å²) < 4.78 is 7.29. The molecule has 1 aromatic carbocycles. The topological polar surface area (TPSA) is 94.0 Å². The molecule has 2 aromatic heterocycles. The summed E-state index contributed by atoms with van der Waals surface area (Å²) in [5.41, 5.74) is 1.96. The van der Waals surface area contributed by atoms with Crippen molar-refractivity contribution in [2.45, 2.75) is 13.8 Å². The third-order valence-electron chi connectivity index (χ3n) is 4.16. The number of hydrogen-bond donors (Lipinski definition) is 2. The number of amides is 1. The highest BCUT2D eigenvalue weighted by molar-refractivity contribution is 6.35. The molecular weight excluding hydrogens is 415 g/mol. The van der Waals surface area contributed by atoms with E-state index in [0.29, 0.717) is 34.7 Å². The van der Waals surface area contributed by atoms with E-state index >= 15 is 0 Å². The Kier molecular flexibility index (Phi) is 6.90. The normalized spacial score (nSPS) is 10.6. The van der Waals surface area contributed by atoms with Crippen molar-refractivity contribution < 1.29 is 9.53 Å². The van der Waals surface area contributed by atoms with Crippen LogP contribution in [0, 0.1) is 13.8 Å². The summed E-state index contributed by atoms with van der Waals surface area (Å²) >= 11 is 11.8. The van der Waals surface area contributed by atoms with Gasteiger partial charge in [-0.1, -0.05) is 23.2 Å². The van der Waals surface area contributed by atoms with Gasteiger partial charge in [-0.05, 0) is 32.0 Å². The van der Waals surface area contributed by atoms with Crippen LogP contribution in [0.25, 0.3) is 5.82 Å². The molecule has 0 aliphatic heterocycles. The second-order valence-corrected chi connectivity index (χ2v) is 7.03. The minimum Gasteiger partial charge on any atom is -0.482 e. The lowest BCUT2D eigenvalue weighted by Crippen LogP contribution is -2.32. The number of aromatic nitrogens is 4. The summed E-state index contributed by atoms with van der Waals surface area (Å²) in [4.78, 5) is 24.7. The molecule has 3 aromatic rings. The van der Waals surface area contributed by atoms with E-state index in [1.165, 1.54) is 6.33 Å². The largest absolute Gasteiger partial charge is 0.482 e. The van der Waals surface area contributed by atoms with Crippen molar-refractivity contribution in [3.63, 3.8) is 0 Å². The number of imidazole rings is 1. The first-order valence-electron chi connectivity index (χ1n) is 8.85. The predicted octanol–water partition coefficient (Wildman–Crippen LogP) is 3.19. The molecule has 2 heterocycles. The second-order valence-electron chi connectivity index (χ2n) is 6.19. The van der Waals surface area contributed by atoms with Gasteiger partial charge in [0.25, 0.3) is 5.91 Å². The number of halogens is 2. The molecule has 0 radical (unpaired) electrons. The quantitative estimate of drug-likeness (QED) is 0.528. The van der Waals surface area contributed by atoms with E-state index < -0.39 is 0 Å². The zero-order valence-corrected chi connectivity index (χ0v) is 17.5. The van der Waals surface area contributed by atoms with E-state index in [-0.39, 0.29) is 12.5 Å². The molecule has 0 atom stereocenters. The van der Waals surface area contributed by atoms with Gasteiger partial charge in [-0.25, -0.2) is 15.0 Å². The van der Waals surface area contributed by atoms with Gasteiger partial charge in [-0.2, -0.15) is 0 Å². The molecule has 0 saturated heterocycles. The molecule has 152 valence electrons. The Morgan fingerprint density at radius 2 is 1.97 bits per heavy atom. The van der Waals surface area contributed by atoms with Gasteiger partial charge in [0.1, 0.15) is 30.0 Å². The fourth-order valence-corrected chi connectivity index (χ4v) is 2.95. The predicted molar refractivity (Wildman–Crippen MR) is 112 cm³/mol. The first-order chi connectivity index (χ1) is 13.9. The number of hydrogen-bond acceptors (Lipinski definition) is 6. The monoisotopic (exact) mass is 434 g/mol. The van der Waals surface area contributed by atoms with Gasteiger partial charge in [0.05, 0.1) is 10.7 Å². The highest BCUT2D eigenvalue weighted by Crippen LogP contribution is 2.27. The third-order valence-corrected chi connectivity index (χ3v) is 4.69. The van der Waals surface area contributed by atoms with Gasteiger partial charge in [-0.15, -0.1) is 0 Å². The zero-order chi connectivity index (χ0) is 20.8. The summed E-state index contributed by atoms with van der Waals surface area (Å²) in [6, 6.07) is 6.65. The minimum atomic E-state index is -0.259. The van der Waals surface area contributed by atoms with E-state index in [1.54, 1.807) is 24.5 Å². The first-order valence-corrected chi connectivity index (χ1v) is 9.61. The highest BCUT2D eigenvalue weighted by atomic mass is 35.5. The molecular formula is C19H20Cl2N6O2. The number of carbonyl (C=O) groups is 1. The van der Waals surface area contributed by atoms with Gasteiger partial charge >= 0.3 is 0 Å². The van der Waals surface area contributed by atoms with E-state index in [4.69, 9.17) is 27.9 Å². The number of aryl methyl sites for hydroxylation is 1. The average molecular weight is 435 g/mol. The van der Waals surface area contributed by atoms with Gasteiger partial charge in [0, 0.05) is 29.9 Å². The van der Waals surface area contributed by atoms with Crippen LogP contribution in [0.1, 0.15) is 11.4 Å². The Balaban J connectivity index is 1.44. The average Bonchev–Trinajstić information content (AvgIpc) is 3.03. The Bertz CT molecular complexity index is 1010. The number of anilines is 1. The van der Waals surface area contributed by atoms with Crippen molar-refractivity contribution in [2.75, 3.05) is 25.0 Å². The summed E-state index contributed by atoms with van der Waals surface area (Å²) in [6.07, 6.45) is 3.21.